The molecule has 0 bridgehead atoms. The summed E-state index contributed by atoms with van der Waals surface area (Å²) < 4.78 is 2.06. The Bertz CT molecular complexity index is 515. The fraction of sp³-hybridized carbons (Fsp3) is 0.571. The van der Waals surface area contributed by atoms with Crippen LogP contribution in [0.5, 0.6) is 0 Å². The molecule has 0 aliphatic carbocycles. The lowest BCUT2D eigenvalue weighted by molar-refractivity contribution is 0.361. The molecular weight excluding hydrogens is 238 g/mol. The van der Waals surface area contributed by atoms with Crippen LogP contribution >= 0.6 is 0 Å². The lowest BCUT2D eigenvalue weighted by Crippen LogP contribution is -2.36. The Morgan fingerprint density at radius 3 is 3.26 bits per heavy atom. The number of hydrogen-bond donors (Lipinski definition) is 2. The number of fused-ring (bicyclic) bond motifs is 1. The van der Waals surface area contributed by atoms with Crippen molar-refractivity contribution in [3.05, 3.63) is 30.2 Å². The Balaban J connectivity index is 1.47. The number of aromatic nitrogens is 3. The van der Waals surface area contributed by atoms with Crippen molar-refractivity contribution in [3.8, 4) is 0 Å². The monoisotopic (exact) mass is 259 g/mol. The molecule has 1 atom stereocenters. The molecular formula is C14H21N5. The molecule has 5 heteroatoms. The van der Waals surface area contributed by atoms with E-state index in [1.165, 1.54) is 19.4 Å². The van der Waals surface area contributed by atoms with Gasteiger partial charge >= 0.3 is 0 Å². The van der Waals surface area contributed by atoms with Crippen LogP contribution in [0.1, 0.15) is 18.7 Å². The fourth-order valence-corrected chi connectivity index (χ4v) is 2.67. The number of piperidine rings is 1. The number of rotatable bonds is 5. The zero-order valence-corrected chi connectivity index (χ0v) is 11.2. The van der Waals surface area contributed by atoms with Crippen molar-refractivity contribution in [2.45, 2.75) is 19.3 Å². The highest BCUT2D eigenvalue weighted by Crippen LogP contribution is 2.08. The van der Waals surface area contributed by atoms with E-state index >= 15 is 0 Å². The molecule has 1 unspecified atom stereocenters. The predicted molar refractivity (Wildman–Crippen MR) is 75.2 cm³/mol. The van der Waals surface area contributed by atoms with Gasteiger partial charge in [-0.15, -0.1) is 10.2 Å². The second kappa shape index (κ2) is 6.12. The molecule has 0 spiro atoms. The topological polar surface area (TPSA) is 54.2 Å². The third kappa shape index (κ3) is 3.11. The average molecular weight is 259 g/mol. The maximum absolute atomic E-state index is 4.24. The lowest BCUT2D eigenvalue weighted by atomic mass is 10.00. The Kier molecular flexibility index (Phi) is 4.05. The number of pyridine rings is 1. The molecule has 3 heterocycles. The van der Waals surface area contributed by atoms with Gasteiger partial charge in [-0.05, 0) is 50.5 Å². The van der Waals surface area contributed by atoms with Crippen molar-refractivity contribution < 1.29 is 0 Å². The third-order valence-corrected chi connectivity index (χ3v) is 3.74. The van der Waals surface area contributed by atoms with E-state index in [0.717, 1.165) is 43.4 Å². The molecule has 2 N–H and O–H groups in total. The summed E-state index contributed by atoms with van der Waals surface area (Å²) in [7, 11) is 0. The number of hydrogen-bond acceptors (Lipinski definition) is 4. The summed E-state index contributed by atoms with van der Waals surface area (Å²) in [5.74, 6) is 1.81. The SMILES string of the molecule is c1ccn2c(CCNCC3CCCNC3)nnc2c1. The molecule has 2 aromatic heterocycles. The van der Waals surface area contributed by atoms with Crippen molar-refractivity contribution in [3.63, 3.8) is 0 Å². The van der Waals surface area contributed by atoms with Crippen LogP contribution in [0.3, 0.4) is 0 Å². The first-order chi connectivity index (χ1) is 9.43. The molecule has 102 valence electrons. The normalized spacial score (nSPS) is 19.9. The minimum Gasteiger partial charge on any atom is -0.316 e. The first-order valence-electron chi connectivity index (χ1n) is 7.13. The van der Waals surface area contributed by atoms with Gasteiger partial charge in [0.15, 0.2) is 5.65 Å². The van der Waals surface area contributed by atoms with Gasteiger partial charge in [0.05, 0.1) is 0 Å². The van der Waals surface area contributed by atoms with Gasteiger partial charge in [0.25, 0.3) is 0 Å². The Morgan fingerprint density at radius 2 is 2.37 bits per heavy atom. The highest BCUT2D eigenvalue weighted by molar-refractivity contribution is 5.36. The highest BCUT2D eigenvalue weighted by Gasteiger charge is 2.12. The molecule has 0 amide bonds. The van der Waals surface area contributed by atoms with E-state index in [1.54, 1.807) is 0 Å². The largest absolute Gasteiger partial charge is 0.316 e. The predicted octanol–water partition coefficient (Wildman–Crippen LogP) is 0.861. The number of nitrogens with zero attached hydrogens (tertiary/aromatic N) is 3. The van der Waals surface area contributed by atoms with E-state index in [4.69, 9.17) is 0 Å². The summed E-state index contributed by atoms with van der Waals surface area (Å²) in [6.45, 7) is 4.40. The van der Waals surface area contributed by atoms with Crippen LogP contribution in [0, 0.1) is 5.92 Å². The van der Waals surface area contributed by atoms with Crippen molar-refractivity contribution in [1.29, 1.82) is 0 Å². The lowest BCUT2D eigenvalue weighted by Gasteiger charge is -2.22. The number of nitrogens with one attached hydrogen (secondary N) is 2. The van der Waals surface area contributed by atoms with Crippen LogP contribution in [0.25, 0.3) is 5.65 Å². The summed E-state index contributed by atoms with van der Waals surface area (Å²) in [5.41, 5.74) is 0.925. The van der Waals surface area contributed by atoms with Crippen LogP contribution in [0.4, 0.5) is 0 Å². The Morgan fingerprint density at radius 1 is 1.37 bits per heavy atom. The maximum Gasteiger partial charge on any atom is 0.160 e. The van der Waals surface area contributed by atoms with Crippen molar-refractivity contribution in [2.24, 2.45) is 5.92 Å². The molecule has 1 saturated heterocycles. The molecule has 0 radical (unpaired) electrons. The van der Waals surface area contributed by atoms with Crippen LogP contribution in [-0.4, -0.2) is 40.8 Å². The first kappa shape index (κ1) is 12.6. The summed E-state index contributed by atoms with van der Waals surface area (Å²) in [6, 6.07) is 5.99. The molecule has 1 fully saturated rings. The van der Waals surface area contributed by atoms with E-state index < -0.39 is 0 Å². The molecule has 1 aliphatic rings. The van der Waals surface area contributed by atoms with Gasteiger partial charge in [-0.2, -0.15) is 0 Å². The maximum atomic E-state index is 4.24. The highest BCUT2D eigenvalue weighted by atomic mass is 15.2. The van der Waals surface area contributed by atoms with E-state index in [9.17, 15) is 0 Å². The third-order valence-electron chi connectivity index (χ3n) is 3.74. The van der Waals surface area contributed by atoms with E-state index in [2.05, 4.69) is 25.2 Å². The van der Waals surface area contributed by atoms with Gasteiger partial charge in [-0.1, -0.05) is 6.07 Å². The average Bonchev–Trinajstić information content (AvgIpc) is 2.88. The van der Waals surface area contributed by atoms with Gasteiger partial charge in [-0.25, -0.2) is 0 Å². The minimum atomic E-state index is 0.781. The zero-order chi connectivity index (χ0) is 12.9. The van der Waals surface area contributed by atoms with Crippen molar-refractivity contribution in [2.75, 3.05) is 26.2 Å². The quantitative estimate of drug-likeness (QED) is 0.782. The molecule has 2 aromatic rings. The molecule has 5 nitrogen and oxygen atoms in total. The molecule has 1 aliphatic heterocycles. The molecule has 0 saturated carbocycles. The molecule has 0 aromatic carbocycles. The molecule has 19 heavy (non-hydrogen) atoms. The second-order valence-electron chi connectivity index (χ2n) is 5.21. The van der Waals surface area contributed by atoms with Gasteiger partial charge in [-0.3, -0.25) is 4.40 Å². The minimum absolute atomic E-state index is 0.781. The van der Waals surface area contributed by atoms with E-state index in [-0.39, 0.29) is 0 Å². The first-order valence-corrected chi connectivity index (χ1v) is 7.13. The van der Waals surface area contributed by atoms with E-state index in [1.807, 2.05) is 24.4 Å². The smallest absolute Gasteiger partial charge is 0.160 e. The summed E-state index contributed by atoms with van der Waals surface area (Å²) >= 11 is 0. The van der Waals surface area contributed by atoms with Crippen molar-refractivity contribution >= 4 is 5.65 Å². The van der Waals surface area contributed by atoms with Gasteiger partial charge in [0, 0.05) is 19.2 Å². The van der Waals surface area contributed by atoms with Crippen LogP contribution in [-0.2, 0) is 6.42 Å². The van der Waals surface area contributed by atoms with Gasteiger partial charge < -0.3 is 10.6 Å². The van der Waals surface area contributed by atoms with Crippen molar-refractivity contribution in [1.82, 2.24) is 25.2 Å². The summed E-state index contributed by atoms with van der Waals surface area (Å²) in [6.07, 6.45) is 5.59. The summed E-state index contributed by atoms with van der Waals surface area (Å²) in [4.78, 5) is 0. The Labute approximate surface area is 113 Å². The molecule has 3 rings (SSSR count). The van der Waals surface area contributed by atoms with Crippen LogP contribution in [0.15, 0.2) is 24.4 Å². The van der Waals surface area contributed by atoms with Crippen LogP contribution in [0.2, 0.25) is 0 Å². The Hall–Kier alpha value is -1.46. The van der Waals surface area contributed by atoms with Crippen LogP contribution < -0.4 is 10.6 Å². The van der Waals surface area contributed by atoms with Gasteiger partial charge in [0.1, 0.15) is 5.82 Å². The zero-order valence-electron chi connectivity index (χ0n) is 11.2. The second-order valence-corrected chi connectivity index (χ2v) is 5.21. The fourth-order valence-electron chi connectivity index (χ4n) is 2.67. The van der Waals surface area contributed by atoms with Gasteiger partial charge in [0.2, 0.25) is 0 Å². The van der Waals surface area contributed by atoms with E-state index in [0.29, 0.717) is 0 Å². The summed E-state index contributed by atoms with van der Waals surface area (Å²) in [5, 5.41) is 15.4. The standard InChI is InChI=1S/C14H21N5/c1-2-9-19-13(5-1)17-18-14(19)6-8-16-11-12-4-3-7-15-10-12/h1-2,5,9,12,15-16H,3-4,6-8,10-11H2.